The van der Waals surface area contributed by atoms with E-state index in [1.165, 1.54) is 11.8 Å². The minimum Gasteiger partial charge on any atom is -0.497 e. The Kier molecular flexibility index (Phi) is 3.32. The largest absolute Gasteiger partial charge is 0.497 e. The van der Waals surface area contributed by atoms with Crippen molar-refractivity contribution in [2.75, 3.05) is 7.11 Å². The fourth-order valence-corrected chi connectivity index (χ4v) is 2.74. The van der Waals surface area contributed by atoms with Gasteiger partial charge in [0.15, 0.2) is 5.16 Å². The summed E-state index contributed by atoms with van der Waals surface area (Å²) in [6.45, 7) is 0. The summed E-state index contributed by atoms with van der Waals surface area (Å²) in [6.07, 6.45) is 0. The average molecular weight is 281 g/mol. The number of H-pyrrole nitrogens is 1. The summed E-state index contributed by atoms with van der Waals surface area (Å²) in [4.78, 5) is 8.73. The SMILES string of the molecule is COc1ccc2nc(Sc3cccc(C#N)c3)[nH]c2c1. The van der Waals surface area contributed by atoms with Gasteiger partial charge >= 0.3 is 0 Å². The maximum Gasteiger partial charge on any atom is 0.171 e. The van der Waals surface area contributed by atoms with Crippen molar-refractivity contribution in [2.24, 2.45) is 0 Å². The number of hydrogen-bond donors (Lipinski definition) is 1. The van der Waals surface area contributed by atoms with Crippen molar-refractivity contribution in [1.29, 1.82) is 5.26 Å². The lowest BCUT2D eigenvalue weighted by Gasteiger charge is -1.97. The van der Waals surface area contributed by atoms with Crippen molar-refractivity contribution in [3.05, 3.63) is 48.0 Å². The van der Waals surface area contributed by atoms with E-state index in [-0.39, 0.29) is 0 Å². The molecular formula is C15H11N3OS. The molecule has 0 amide bonds. The molecule has 0 spiro atoms. The van der Waals surface area contributed by atoms with E-state index in [1.807, 2.05) is 36.4 Å². The lowest BCUT2D eigenvalue weighted by Crippen LogP contribution is -1.81. The molecule has 1 aromatic heterocycles. The van der Waals surface area contributed by atoms with Crippen LogP contribution in [0.25, 0.3) is 11.0 Å². The molecule has 1 heterocycles. The highest BCUT2D eigenvalue weighted by Gasteiger charge is 2.06. The van der Waals surface area contributed by atoms with Gasteiger partial charge in [0.05, 0.1) is 29.8 Å². The number of hydrogen-bond acceptors (Lipinski definition) is 4. The molecule has 0 fully saturated rings. The molecule has 0 aliphatic heterocycles. The van der Waals surface area contributed by atoms with E-state index in [4.69, 9.17) is 10.00 Å². The second-order valence-corrected chi connectivity index (χ2v) is 5.23. The molecule has 0 saturated heterocycles. The molecule has 2 aromatic carbocycles. The molecule has 5 heteroatoms. The summed E-state index contributed by atoms with van der Waals surface area (Å²) in [5.41, 5.74) is 2.47. The quantitative estimate of drug-likeness (QED) is 0.797. The van der Waals surface area contributed by atoms with Crippen LogP contribution in [0.2, 0.25) is 0 Å². The van der Waals surface area contributed by atoms with Gasteiger partial charge in [-0.3, -0.25) is 0 Å². The van der Waals surface area contributed by atoms with Gasteiger partial charge in [0.1, 0.15) is 5.75 Å². The van der Waals surface area contributed by atoms with Gasteiger partial charge in [-0.2, -0.15) is 5.26 Å². The number of ether oxygens (including phenoxy) is 1. The summed E-state index contributed by atoms with van der Waals surface area (Å²) in [5.74, 6) is 0.796. The van der Waals surface area contributed by atoms with Crippen LogP contribution in [0.4, 0.5) is 0 Å². The normalized spacial score (nSPS) is 10.4. The van der Waals surface area contributed by atoms with E-state index >= 15 is 0 Å². The van der Waals surface area contributed by atoms with Gasteiger partial charge in [-0.25, -0.2) is 4.98 Å². The maximum absolute atomic E-state index is 8.90. The Balaban J connectivity index is 1.92. The van der Waals surface area contributed by atoms with Crippen LogP contribution in [0.5, 0.6) is 5.75 Å². The second kappa shape index (κ2) is 5.27. The van der Waals surface area contributed by atoms with E-state index in [9.17, 15) is 0 Å². The summed E-state index contributed by atoms with van der Waals surface area (Å²) in [7, 11) is 1.64. The van der Waals surface area contributed by atoms with Gasteiger partial charge in [-0.15, -0.1) is 0 Å². The molecule has 3 rings (SSSR count). The molecular weight excluding hydrogens is 270 g/mol. The smallest absolute Gasteiger partial charge is 0.171 e. The van der Waals surface area contributed by atoms with E-state index in [0.29, 0.717) is 5.56 Å². The van der Waals surface area contributed by atoms with Gasteiger partial charge in [0.2, 0.25) is 0 Å². The van der Waals surface area contributed by atoms with Crippen molar-refractivity contribution in [2.45, 2.75) is 10.1 Å². The highest BCUT2D eigenvalue weighted by atomic mass is 32.2. The summed E-state index contributed by atoms with van der Waals surface area (Å²) in [5, 5.41) is 9.70. The molecule has 3 aromatic rings. The molecule has 0 saturated carbocycles. The predicted molar refractivity (Wildman–Crippen MR) is 77.9 cm³/mol. The van der Waals surface area contributed by atoms with E-state index in [1.54, 1.807) is 13.2 Å². The topological polar surface area (TPSA) is 61.7 Å². The number of fused-ring (bicyclic) bond motifs is 1. The molecule has 20 heavy (non-hydrogen) atoms. The van der Waals surface area contributed by atoms with Gasteiger partial charge in [-0.1, -0.05) is 17.8 Å². The highest BCUT2D eigenvalue weighted by molar-refractivity contribution is 7.99. The van der Waals surface area contributed by atoms with Gasteiger partial charge in [0, 0.05) is 11.0 Å². The van der Waals surface area contributed by atoms with Crippen LogP contribution in [-0.2, 0) is 0 Å². The third-order valence-electron chi connectivity index (χ3n) is 2.84. The van der Waals surface area contributed by atoms with E-state index in [0.717, 1.165) is 26.8 Å². The molecule has 1 N–H and O–H groups in total. The maximum atomic E-state index is 8.90. The first-order chi connectivity index (χ1) is 9.78. The molecule has 0 bridgehead atoms. The predicted octanol–water partition coefficient (Wildman–Crippen LogP) is 3.59. The first-order valence-corrected chi connectivity index (χ1v) is 6.82. The highest BCUT2D eigenvalue weighted by Crippen LogP contribution is 2.28. The van der Waals surface area contributed by atoms with E-state index in [2.05, 4.69) is 16.0 Å². The van der Waals surface area contributed by atoms with Crippen LogP contribution < -0.4 is 4.74 Å². The number of imidazole rings is 1. The van der Waals surface area contributed by atoms with Crippen molar-refractivity contribution in [3.63, 3.8) is 0 Å². The Morgan fingerprint density at radius 2 is 2.15 bits per heavy atom. The zero-order valence-corrected chi connectivity index (χ0v) is 11.6. The Labute approximate surface area is 120 Å². The van der Waals surface area contributed by atoms with Crippen molar-refractivity contribution >= 4 is 22.8 Å². The van der Waals surface area contributed by atoms with Crippen molar-refractivity contribution in [1.82, 2.24) is 9.97 Å². The number of benzene rings is 2. The van der Waals surface area contributed by atoms with Crippen molar-refractivity contribution in [3.8, 4) is 11.8 Å². The van der Waals surface area contributed by atoms with Crippen LogP contribution in [0.15, 0.2) is 52.5 Å². The van der Waals surface area contributed by atoms with E-state index < -0.39 is 0 Å². The minimum absolute atomic E-state index is 0.646. The molecule has 0 aliphatic rings. The third kappa shape index (κ3) is 2.46. The Bertz CT molecular complexity index is 804. The second-order valence-electron chi connectivity index (χ2n) is 4.17. The van der Waals surface area contributed by atoms with Gasteiger partial charge in [-0.05, 0) is 30.3 Å². The number of methoxy groups -OCH3 is 1. The Morgan fingerprint density at radius 3 is 2.95 bits per heavy atom. The molecule has 0 radical (unpaired) electrons. The molecule has 98 valence electrons. The number of nitrogens with zero attached hydrogens (tertiary/aromatic N) is 2. The average Bonchev–Trinajstić information content (AvgIpc) is 2.88. The Morgan fingerprint density at radius 1 is 1.25 bits per heavy atom. The zero-order valence-electron chi connectivity index (χ0n) is 10.8. The molecule has 0 atom stereocenters. The summed E-state index contributed by atoms with van der Waals surface area (Å²) >= 11 is 1.50. The van der Waals surface area contributed by atoms with Gasteiger partial charge in [0.25, 0.3) is 0 Å². The number of nitriles is 1. The summed E-state index contributed by atoms with van der Waals surface area (Å²) < 4.78 is 5.19. The Hall–Kier alpha value is -2.45. The standard InChI is InChI=1S/C15H11N3OS/c1-19-11-5-6-13-14(8-11)18-15(17-13)20-12-4-2-3-10(7-12)9-16/h2-8H,1H3,(H,17,18). The lowest BCUT2D eigenvalue weighted by atomic mass is 10.2. The lowest BCUT2D eigenvalue weighted by molar-refractivity contribution is 0.415. The number of nitrogens with one attached hydrogen (secondary N) is 1. The van der Waals surface area contributed by atoms with Crippen LogP contribution >= 0.6 is 11.8 Å². The fraction of sp³-hybridized carbons (Fsp3) is 0.0667. The molecule has 0 unspecified atom stereocenters. The molecule has 4 nitrogen and oxygen atoms in total. The molecule has 0 aliphatic carbocycles. The van der Waals surface area contributed by atoms with Crippen LogP contribution in [0, 0.1) is 11.3 Å². The number of aromatic nitrogens is 2. The van der Waals surface area contributed by atoms with Crippen LogP contribution in [0.1, 0.15) is 5.56 Å². The summed E-state index contributed by atoms with van der Waals surface area (Å²) in [6, 6.07) is 15.3. The first kappa shape index (κ1) is 12.6. The van der Waals surface area contributed by atoms with Crippen LogP contribution in [0.3, 0.4) is 0 Å². The third-order valence-corrected chi connectivity index (χ3v) is 3.72. The zero-order chi connectivity index (χ0) is 13.9. The first-order valence-electron chi connectivity index (χ1n) is 6.00. The van der Waals surface area contributed by atoms with Crippen molar-refractivity contribution < 1.29 is 4.74 Å². The van der Waals surface area contributed by atoms with Crippen LogP contribution in [-0.4, -0.2) is 17.1 Å². The minimum atomic E-state index is 0.646. The fourth-order valence-electron chi connectivity index (χ4n) is 1.88. The monoisotopic (exact) mass is 281 g/mol. The number of rotatable bonds is 3. The number of aromatic amines is 1. The van der Waals surface area contributed by atoms with Gasteiger partial charge < -0.3 is 9.72 Å².